The smallest absolute Gasteiger partial charge is 0.303 e. The summed E-state index contributed by atoms with van der Waals surface area (Å²) in [6.07, 6.45) is 2.87. The first-order chi connectivity index (χ1) is 13.5. The number of anilines is 1. The lowest BCUT2D eigenvalue weighted by atomic mass is 10.1. The average molecular weight is 389 g/mol. The molecule has 0 unspecified atom stereocenters. The van der Waals surface area contributed by atoms with Gasteiger partial charge in [0.2, 0.25) is 0 Å². The lowest BCUT2D eigenvalue weighted by molar-refractivity contribution is -0.139. The number of fused-ring (bicyclic) bond motifs is 1. The van der Waals surface area contributed by atoms with E-state index in [0.29, 0.717) is 12.8 Å². The minimum atomic E-state index is -0.870. The number of ether oxygens (including phenoxy) is 1. The van der Waals surface area contributed by atoms with Crippen LogP contribution in [-0.2, 0) is 9.59 Å². The first-order valence-electron chi connectivity index (χ1n) is 9.33. The van der Waals surface area contributed by atoms with Crippen LogP contribution in [-0.4, -0.2) is 60.4 Å². The Hall–Kier alpha value is -2.87. The molecule has 8 heteroatoms. The third-order valence-electron chi connectivity index (χ3n) is 4.38. The van der Waals surface area contributed by atoms with Gasteiger partial charge in [0.1, 0.15) is 5.75 Å². The minimum Gasteiger partial charge on any atom is -0.497 e. The molecule has 8 nitrogen and oxygen atoms in total. The van der Waals surface area contributed by atoms with Crippen LogP contribution in [0.15, 0.2) is 30.5 Å². The van der Waals surface area contributed by atoms with Crippen LogP contribution in [0.5, 0.6) is 5.75 Å². The van der Waals surface area contributed by atoms with Crippen molar-refractivity contribution < 1.29 is 24.5 Å². The van der Waals surface area contributed by atoms with Crippen LogP contribution in [0.1, 0.15) is 25.7 Å². The quantitative estimate of drug-likeness (QED) is 0.619. The molecule has 0 atom stereocenters. The molecule has 1 aromatic carbocycles. The fraction of sp³-hybridized carbons (Fsp3) is 0.450. The number of methoxy groups -OCH3 is 1. The van der Waals surface area contributed by atoms with Gasteiger partial charge in [-0.05, 0) is 25.0 Å². The zero-order valence-corrected chi connectivity index (χ0v) is 16.1. The maximum Gasteiger partial charge on any atom is 0.303 e. The van der Waals surface area contributed by atoms with Gasteiger partial charge in [0, 0.05) is 56.7 Å². The molecule has 0 amide bonds. The molecule has 2 heterocycles. The van der Waals surface area contributed by atoms with Crippen LogP contribution >= 0.6 is 0 Å². The Morgan fingerprint density at radius 1 is 1.14 bits per heavy atom. The maximum atomic E-state index is 9.90. The van der Waals surface area contributed by atoms with Crippen molar-refractivity contribution in [1.82, 2.24) is 10.3 Å². The highest BCUT2D eigenvalue weighted by atomic mass is 16.5. The second-order valence-electron chi connectivity index (χ2n) is 6.45. The number of rotatable bonds is 7. The summed E-state index contributed by atoms with van der Waals surface area (Å²) >= 11 is 0. The summed E-state index contributed by atoms with van der Waals surface area (Å²) in [6, 6.07) is 8.16. The molecule has 28 heavy (non-hydrogen) atoms. The molecular weight excluding hydrogens is 362 g/mol. The monoisotopic (exact) mass is 389 g/mol. The summed E-state index contributed by atoms with van der Waals surface area (Å²) in [7, 11) is 1.71. The second kappa shape index (κ2) is 11.1. The van der Waals surface area contributed by atoms with Crippen molar-refractivity contribution >= 4 is 28.5 Å². The highest BCUT2D eigenvalue weighted by molar-refractivity contribution is 5.92. The van der Waals surface area contributed by atoms with Gasteiger partial charge < -0.3 is 25.2 Å². The Kier molecular flexibility index (Phi) is 8.48. The van der Waals surface area contributed by atoms with E-state index >= 15 is 0 Å². The summed E-state index contributed by atoms with van der Waals surface area (Å²) < 4.78 is 5.38. The predicted molar refractivity (Wildman–Crippen MR) is 107 cm³/mol. The zero-order valence-electron chi connectivity index (χ0n) is 16.1. The summed E-state index contributed by atoms with van der Waals surface area (Å²) in [4.78, 5) is 26.7. The van der Waals surface area contributed by atoms with Crippen molar-refractivity contribution in [2.24, 2.45) is 0 Å². The lowest BCUT2D eigenvalue weighted by Crippen LogP contribution is -2.43. The van der Waals surface area contributed by atoms with Crippen LogP contribution in [0.2, 0.25) is 0 Å². The molecule has 1 aliphatic rings. The fourth-order valence-corrected chi connectivity index (χ4v) is 2.96. The summed E-state index contributed by atoms with van der Waals surface area (Å²) in [5, 5.41) is 20.8. The molecular formula is C20H27N3O5. The number of hydrogen-bond acceptors (Lipinski definition) is 6. The van der Waals surface area contributed by atoms with Crippen molar-refractivity contribution in [2.45, 2.75) is 25.7 Å². The number of pyridine rings is 1. The third kappa shape index (κ3) is 6.70. The van der Waals surface area contributed by atoms with Gasteiger partial charge in [-0.2, -0.15) is 0 Å². The van der Waals surface area contributed by atoms with Gasteiger partial charge in [-0.1, -0.05) is 6.07 Å². The topological polar surface area (TPSA) is 112 Å². The highest BCUT2D eigenvalue weighted by Gasteiger charge is 2.15. The molecule has 1 saturated heterocycles. The van der Waals surface area contributed by atoms with E-state index in [1.807, 2.05) is 18.3 Å². The van der Waals surface area contributed by atoms with Gasteiger partial charge in [-0.25, -0.2) is 0 Å². The number of carboxylic acids is 2. The Bertz CT molecular complexity index is 775. The van der Waals surface area contributed by atoms with Crippen molar-refractivity contribution in [2.75, 3.05) is 38.2 Å². The Morgan fingerprint density at radius 2 is 1.79 bits per heavy atom. The van der Waals surface area contributed by atoms with Gasteiger partial charge in [0.15, 0.2) is 0 Å². The number of hydrogen-bond donors (Lipinski definition) is 3. The SMILES string of the molecule is COc1cc(N2CCNCC2)c2ncccc2c1.O=C(O)CCCCC(=O)O. The first-order valence-corrected chi connectivity index (χ1v) is 9.33. The molecule has 0 radical (unpaired) electrons. The number of carboxylic acid groups (broad SMARTS) is 2. The van der Waals surface area contributed by atoms with E-state index in [0.717, 1.165) is 42.8 Å². The molecule has 1 fully saturated rings. The number of unbranched alkanes of at least 4 members (excludes halogenated alkanes) is 1. The Labute approximate surface area is 164 Å². The highest BCUT2D eigenvalue weighted by Crippen LogP contribution is 2.30. The zero-order chi connectivity index (χ0) is 20.4. The maximum absolute atomic E-state index is 9.90. The number of carbonyl (C=O) groups is 2. The molecule has 1 aromatic heterocycles. The van der Waals surface area contributed by atoms with Crippen LogP contribution in [0, 0.1) is 0 Å². The van der Waals surface area contributed by atoms with Gasteiger partial charge in [-0.3, -0.25) is 14.6 Å². The van der Waals surface area contributed by atoms with Crippen molar-refractivity contribution in [3.8, 4) is 5.75 Å². The molecule has 3 rings (SSSR count). The van der Waals surface area contributed by atoms with Gasteiger partial charge in [0.25, 0.3) is 0 Å². The normalized spacial score (nSPS) is 13.5. The molecule has 0 spiro atoms. The van der Waals surface area contributed by atoms with E-state index in [2.05, 4.69) is 27.3 Å². The van der Waals surface area contributed by atoms with Gasteiger partial charge in [-0.15, -0.1) is 0 Å². The molecule has 0 aliphatic carbocycles. The van der Waals surface area contributed by atoms with Crippen LogP contribution in [0.25, 0.3) is 10.9 Å². The first kappa shape index (κ1) is 21.4. The molecule has 3 N–H and O–H groups in total. The Morgan fingerprint density at radius 3 is 2.36 bits per heavy atom. The van der Waals surface area contributed by atoms with E-state index in [1.165, 1.54) is 5.69 Å². The summed E-state index contributed by atoms with van der Waals surface area (Å²) in [6.45, 7) is 4.06. The number of aromatic nitrogens is 1. The van der Waals surface area contributed by atoms with Gasteiger partial charge >= 0.3 is 11.9 Å². The van der Waals surface area contributed by atoms with E-state index in [9.17, 15) is 9.59 Å². The standard InChI is InChI=1S/C14H17N3O.C6H10O4/c1-18-12-9-11-3-2-4-16-14(11)13(10-12)17-7-5-15-6-8-17;7-5(8)3-1-2-4-6(9)10/h2-4,9-10,15H,5-8H2,1H3;1-4H2,(H,7,8)(H,9,10). The minimum absolute atomic E-state index is 0.0628. The number of benzene rings is 1. The van der Waals surface area contributed by atoms with Crippen LogP contribution in [0.4, 0.5) is 5.69 Å². The van der Waals surface area contributed by atoms with E-state index < -0.39 is 11.9 Å². The van der Waals surface area contributed by atoms with E-state index in [1.54, 1.807) is 7.11 Å². The third-order valence-corrected chi connectivity index (χ3v) is 4.38. The van der Waals surface area contributed by atoms with E-state index in [-0.39, 0.29) is 12.8 Å². The van der Waals surface area contributed by atoms with E-state index in [4.69, 9.17) is 14.9 Å². The second-order valence-corrected chi connectivity index (χ2v) is 6.45. The molecule has 1 aliphatic heterocycles. The number of piperazine rings is 1. The largest absolute Gasteiger partial charge is 0.497 e. The fourth-order valence-electron chi connectivity index (χ4n) is 2.96. The van der Waals surface area contributed by atoms with Crippen molar-refractivity contribution in [3.05, 3.63) is 30.5 Å². The molecule has 2 aromatic rings. The number of nitrogens with zero attached hydrogens (tertiary/aromatic N) is 2. The van der Waals surface area contributed by atoms with Crippen LogP contribution < -0.4 is 15.0 Å². The van der Waals surface area contributed by atoms with Crippen LogP contribution in [0.3, 0.4) is 0 Å². The van der Waals surface area contributed by atoms with Gasteiger partial charge in [0.05, 0.1) is 18.3 Å². The molecule has 0 saturated carbocycles. The summed E-state index contributed by atoms with van der Waals surface area (Å²) in [5.41, 5.74) is 2.23. The lowest BCUT2D eigenvalue weighted by Gasteiger charge is -2.30. The molecule has 0 bridgehead atoms. The Balaban J connectivity index is 0.000000242. The number of aliphatic carboxylic acids is 2. The number of nitrogens with one attached hydrogen (secondary N) is 1. The van der Waals surface area contributed by atoms with Crippen molar-refractivity contribution in [3.63, 3.8) is 0 Å². The molecule has 152 valence electrons. The van der Waals surface area contributed by atoms with Crippen molar-refractivity contribution in [1.29, 1.82) is 0 Å². The summed E-state index contributed by atoms with van der Waals surface area (Å²) in [5.74, 6) is -0.847. The predicted octanol–water partition coefficient (Wildman–Crippen LogP) is 2.37. The average Bonchev–Trinajstić information content (AvgIpc) is 2.71.